The van der Waals surface area contributed by atoms with E-state index < -0.39 is 21.8 Å². The number of aromatic nitrogens is 2. The first kappa shape index (κ1) is 23.9. The van der Waals surface area contributed by atoms with E-state index in [4.69, 9.17) is 0 Å². The summed E-state index contributed by atoms with van der Waals surface area (Å²) in [5.74, 6) is -0.742. The van der Waals surface area contributed by atoms with Crippen LogP contribution in [0.15, 0.2) is 53.4 Å². The molecular weight excluding hydrogens is 448 g/mol. The number of para-hydroxylation sites is 2. The van der Waals surface area contributed by atoms with Crippen molar-refractivity contribution in [3.63, 3.8) is 0 Å². The number of aryl methyl sites for hydroxylation is 1. The van der Waals surface area contributed by atoms with Crippen LogP contribution in [0.25, 0.3) is 11.0 Å². The predicted molar refractivity (Wildman–Crippen MR) is 121 cm³/mol. The van der Waals surface area contributed by atoms with Gasteiger partial charge in [0.1, 0.15) is 5.82 Å². The fourth-order valence-electron chi connectivity index (χ4n) is 3.05. The number of amides is 3. The monoisotopic (exact) mass is 472 g/mol. The third-order valence-corrected chi connectivity index (χ3v) is 6.15. The lowest BCUT2D eigenvalue weighted by Gasteiger charge is -2.09. The Morgan fingerprint density at radius 1 is 0.970 bits per heavy atom. The molecule has 0 aliphatic carbocycles. The number of carbonyl (C=O) groups is 3. The third-order valence-electron chi connectivity index (χ3n) is 4.67. The fraction of sp³-hybridized carbons (Fsp3) is 0.238. The minimum absolute atomic E-state index is 0.00670. The molecule has 33 heavy (non-hydrogen) atoms. The van der Waals surface area contributed by atoms with Gasteiger partial charge in [0.25, 0.3) is 0 Å². The Hall–Kier alpha value is -3.77. The number of benzene rings is 2. The van der Waals surface area contributed by atoms with E-state index >= 15 is 0 Å². The molecule has 174 valence electrons. The molecule has 0 bridgehead atoms. The molecule has 0 atom stereocenters. The molecule has 0 saturated carbocycles. The van der Waals surface area contributed by atoms with Crippen molar-refractivity contribution in [2.24, 2.45) is 7.05 Å². The van der Waals surface area contributed by atoms with Crippen LogP contribution in [-0.4, -0.2) is 42.2 Å². The van der Waals surface area contributed by atoms with E-state index in [1.54, 1.807) is 11.6 Å². The van der Waals surface area contributed by atoms with Gasteiger partial charge in [0.05, 0.1) is 22.3 Å². The number of hydrogen-bond acceptors (Lipinski definition) is 6. The molecule has 3 aromatic rings. The molecule has 1 heterocycles. The number of anilines is 1. The first-order valence-corrected chi connectivity index (χ1v) is 11.5. The zero-order valence-electron chi connectivity index (χ0n) is 18.1. The lowest BCUT2D eigenvalue weighted by Crippen LogP contribution is -2.43. The maximum atomic E-state index is 12.3. The SMILES string of the molecule is CC(=O)Nc1ccc(S(=O)(=O)NCCC(=O)NNC(=O)Cc2nc3ccccc3n2C)cc1. The minimum Gasteiger partial charge on any atom is -0.331 e. The molecule has 0 spiro atoms. The molecule has 4 N–H and O–H groups in total. The van der Waals surface area contributed by atoms with E-state index in [-0.39, 0.29) is 30.2 Å². The second-order valence-electron chi connectivity index (χ2n) is 7.20. The standard InChI is InChI=1S/C21H24N6O5S/c1-14(28)23-15-7-9-16(10-8-15)33(31,32)22-12-11-20(29)25-26-21(30)13-19-24-17-5-3-4-6-18(17)27(19)2/h3-10,22H,11-13H2,1-2H3,(H,23,28)(H,25,29)(H,26,30). The summed E-state index contributed by atoms with van der Waals surface area (Å²) < 4.78 is 28.7. The molecule has 1 aromatic heterocycles. The molecule has 2 aromatic carbocycles. The van der Waals surface area contributed by atoms with Gasteiger partial charge >= 0.3 is 0 Å². The second kappa shape index (κ2) is 10.2. The zero-order valence-corrected chi connectivity index (χ0v) is 18.9. The predicted octanol–water partition coefficient (Wildman–Crippen LogP) is 0.590. The van der Waals surface area contributed by atoms with Gasteiger partial charge in [-0.2, -0.15) is 0 Å². The van der Waals surface area contributed by atoms with Gasteiger partial charge in [-0.1, -0.05) is 12.1 Å². The van der Waals surface area contributed by atoms with Gasteiger partial charge in [0.15, 0.2) is 0 Å². The van der Waals surface area contributed by atoms with Crippen molar-refractivity contribution in [2.45, 2.75) is 24.7 Å². The highest BCUT2D eigenvalue weighted by molar-refractivity contribution is 7.89. The molecule has 11 nitrogen and oxygen atoms in total. The van der Waals surface area contributed by atoms with Crippen molar-refractivity contribution in [3.05, 3.63) is 54.4 Å². The number of hydrazine groups is 1. The molecule has 0 fully saturated rings. The summed E-state index contributed by atoms with van der Waals surface area (Å²) in [5, 5.41) is 2.54. The number of sulfonamides is 1. The Labute approximate surface area is 190 Å². The van der Waals surface area contributed by atoms with E-state index in [2.05, 4.69) is 25.9 Å². The van der Waals surface area contributed by atoms with Crippen molar-refractivity contribution in [1.82, 2.24) is 25.1 Å². The molecule has 0 saturated heterocycles. The van der Waals surface area contributed by atoms with Crippen LogP contribution in [0.1, 0.15) is 19.2 Å². The van der Waals surface area contributed by atoms with Crippen LogP contribution in [0.3, 0.4) is 0 Å². The summed E-state index contributed by atoms with van der Waals surface area (Å²) in [7, 11) is -2.03. The molecule has 0 aliphatic rings. The highest BCUT2D eigenvalue weighted by atomic mass is 32.2. The molecule has 12 heteroatoms. The van der Waals surface area contributed by atoms with E-state index in [0.29, 0.717) is 11.5 Å². The van der Waals surface area contributed by atoms with E-state index in [1.165, 1.54) is 31.2 Å². The summed E-state index contributed by atoms with van der Waals surface area (Å²) in [5.41, 5.74) is 6.68. The van der Waals surface area contributed by atoms with Crippen molar-refractivity contribution in [2.75, 3.05) is 11.9 Å². The lowest BCUT2D eigenvalue weighted by atomic mass is 10.3. The quantitative estimate of drug-likeness (QED) is 0.352. The first-order chi connectivity index (χ1) is 15.7. The summed E-state index contributed by atoms with van der Waals surface area (Å²) in [6.45, 7) is 1.18. The number of fused-ring (bicyclic) bond motifs is 1. The number of rotatable bonds is 8. The van der Waals surface area contributed by atoms with Crippen molar-refractivity contribution in [1.29, 1.82) is 0 Å². The summed E-state index contributed by atoms with van der Waals surface area (Å²) in [6, 6.07) is 13.1. The Morgan fingerprint density at radius 3 is 2.30 bits per heavy atom. The molecule has 3 rings (SSSR count). The highest BCUT2D eigenvalue weighted by Crippen LogP contribution is 2.15. The van der Waals surface area contributed by atoms with Crippen LogP contribution >= 0.6 is 0 Å². The van der Waals surface area contributed by atoms with Gasteiger partial charge in [-0.05, 0) is 36.4 Å². The number of nitrogens with one attached hydrogen (secondary N) is 4. The topological polar surface area (TPSA) is 151 Å². The van der Waals surface area contributed by atoms with Gasteiger partial charge in [-0.3, -0.25) is 25.2 Å². The third kappa shape index (κ3) is 6.37. The van der Waals surface area contributed by atoms with Crippen LogP contribution in [0.5, 0.6) is 0 Å². The molecule has 0 radical (unpaired) electrons. The fourth-order valence-corrected chi connectivity index (χ4v) is 4.08. The van der Waals surface area contributed by atoms with Crippen molar-refractivity contribution >= 4 is 44.5 Å². The molecule has 0 aliphatic heterocycles. The maximum Gasteiger partial charge on any atom is 0.245 e. The average Bonchev–Trinajstić information content (AvgIpc) is 3.07. The summed E-state index contributed by atoms with van der Waals surface area (Å²) >= 11 is 0. The minimum atomic E-state index is -3.83. The normalized spacial score (nSPS) is 11.2. The molecular formula is C21H24N6O5S. The Kier molecular flexibility index (Phi) is 7.41. The lowest BCUT2D eigenvalue weighted by molar-refractivity contribution is -0.128. The Morgan fingerprint density at radius 2 is 1.64 bits per heavy atom. The maximum absolute atomic E-state index is 12.3. The van der Waals surface area contributed by atoms with Gasteiger partial charge in [-0.15, -0.1) is 0 Å². The van der Waals surface area contributed by atoms with E-state index in [9.17, 15) is 22.8 Å². The summed E-state index contributed by atoms with van der Waals surface area (Å²) in [4.78, 5) is 39.5. The van der Waals surface area contributed by atoms with Crippen LogP contribution in [-0.2, 0) is 37.9 Å². The van der Waals surface area contributed by atoms with Crippen LogP contribution in [0.4, 0.5) is 5.69 Å². The molecule has 0 unspecified atom stereocenters. The number of carbonyl (C=O) groups excluding carboxylic acids is 3. The first-order valence-electron chi connectivity index (χ1n) is 10.0. The van der Waals surface area contributed by atoms with Gasteiger partial charge in [-0.25, -0.2) is 18.1 Å². The summed E-state index contributed by atoms with van der Waals surface area (Å²) in [6.07, 6.45) is -0.220. The van der Waals surface area contributed by atoms with Gasteiger partial charge < -0.3 is 9.88 Å². The Balaban J connectivity index is 1.43. The van der Waals surface area contributed by atoms with Crippen LogP contribution in [0, 0.1) is 0 Å². The Bertz CT molecular complexity index is 1280. The highest BCUT2D eigenvalue weighted by Gasteiger charge is 2.15. The number of hydrogen-bond donors (Lipinski definition) is 4. The van der Waals surface area contributed by atoms with Crippen molar-refractivity contribution < 1.29 is 22.8 Å². The van der Waals surface area contributed by atoms with Crippen LogP contribution < -0.4 is 20.9 Å². The van der Waals surface area contributed by atoms with Gasteiger partial charge in [0.2, 0.25) is 27.7 Å². The number of nitrogens with zero attached hydrogens (tertiary/aromatic N) is 2. The second-order valence-corrected chi connectivity index (χ2v) is 8.97. The zero-order chi connectivity index (χ0) is 24.0. The van der Waals surface area contributed by atoms with E-state index in [0.717, 1.165) is 11.0 Å². The van der Waals surface area contributed by atoms with Crippen LogP contribution in [0.2, 0.25) is 0 Å². The van der Waals surface area contributed by atoms with Gasteiger partial charge in [0, 0.05) is 32.6 Å². The average molecular weight is 473 g/mol. The molecule has 3 amide bonds. The number of imidazole rings is 1. The smallest absolute Gasteiger partial charge is 0.245 e. The van der Waals surface area contributed by atoms with E-state index in [1.807, 2.05) is 24.3 Å². The largest absolute Gasteiger partial charge is 0.331 e. The van der Waals surface area contributed by atoms with Crippen molar-refractivity contribution in [3.8, 4) is 0 Å².